The third-order valence-corrected chi connectivity index (χ3v) is 3.75. The number of carbonyl (C=O) groups excluding carboxylic acids is 1. The highest BCUT2D eigenvalue weighted by atomic mass is 16.6. The van der Waals surface area contributed by atoms with Crippen molar-refractivity contribution in [2.24, 2.45) is 5.92 Å². The highest BCUT2D eigenvalue weighted by Crippen LogP contribution is 2.52. The van der Waals surface area contributed by atoms with E-state index in [1.165, 1.54) is 0 Å². The first-order valence-corrected chi connectivity index (χ1v) is 5.40. The van der Waals surface area contributed by atoms with Crippen LogP contribution in [0.5, 0.6) is 0 Å². The number of hydrogen-bond donors (Lipinski definition) is 0. The first kappa shape index (κ1) is 7.88. The fourth-order valence-electron chi connectivity index (χ4n) is 3.04. The normalized spacial score (nSPS) is 40.8. The fourth-order valence-corrected chi connectivity index (χ4v) is 3.04. The number of fused-ring (bicyclic) bond motifs is 5. The van der Waals surface area contributed by atoms with Gasteiger partial charge in [0.2, 0.25) is 5.91 Å². The topological polar surface area (TPSA) is 32.8 Å². The minimum absolute atomic E-state index is 0.139. The molecule has 2 aliphatic heterocycles. The Kier molecular flexibility index (Phi) is 1.27. The Bertz CT molecular complexity index is 431. The lowest BCUT2D eigenvalue weighted by Gasteiger charge is -2.25. The average Bonchev–Trinajstić information content (AvgIpc) is 2.91. The molecule has 0 aromatic heterocycles. The number of rotatable bonds is 1. The Labute approximate surface area is 87.6 Å². The van der Waals surface area contributed by atoms with E-state index in [2.05, 4.69) is 0 Å². The quantitative estimate of drug-likeness (QED) is 0.639. The van der Waals surface area contributed by atoms with Crippen LogP contribution in [0.4, 0.5) is 5.69 Å². The van der Waals surface area contributed by atoms with Gasteiger partial charge >= 0.3 is 0 Å². The highest BCUT2D eigenvalue weighted by Gasteiger charge is 2.67. The number of anilines is 1. The lowest BCUT2D eigenvalue weighted by Crippen LogP contribution is -2.41. The molecule has 1 aromatic rings. The number of ether oxygens (including phenoxy) is 1. The lowest BCUT2D eigenvalue weighted by atomic mass is 10.1. The number of para-hydroxylation sites is 1. The second-order valence-corrected chi connectivity index (χ2v) is 4.52. The van der Waals surface area contributed by atoms with E-state index in [4.69, 9.17) is 4.74 Å². The minimum atomic E-state index is 0.139. The number of benzene rings is 1. The molecular formula is C12H11NO2. The first-order chi connectivity index (χ1) is 7.36. The van der Waals surface area contributed by atoms with Crippen LogP contribution in [0.1, 0.15) is 6.42 Å². The molecule has 3 fully saturated rings. The summed E-state index contributed by atoms with van der Waals surface area (Å²) in [5.41, 5.74) is 1.02. The first-order valence-electron chi connectivity index (χ1n) is 5.40. The number of carbonyl (C=O) groups is 1. The van der Waals surface area contributed by atoms with Crippen molar-refractivity contribution in [2.45, 2.75) is 24.7 Å². The summed E-state index contributed by atoms with van der Waals surface area (Å²) in [6, 6.07) is 10.2. The van der Waals surface area contributed by atoms with Crippen LogP contribution in [0.25, 0.3) is 0 Å². The number of nitrogens with zero attached hydrogens (tertiary/aromatic N) is 1. The van der Waals surface area contributed by atoms with Gasteiger partial charge in [-0.3, -0.25) is 4.79 Å². The van der Waals surface area contributed by atoms with E-state index >= 15 is 0 Å². The van der Waals surface area contributed by atoms with Crippen molar-refractivity contribution >= 4 is 11.6 Å². The molecule has 2 heterocycles. The van der Waals surface area contributed by atoms with E-state index in [0.717, 1.165) is 12.1 Å². The Morgan fingerprint density at radius 1 is 1.20 bits per heavy atom. The van der Waals surface area contributed by atoms with Gasteiger partial charge in [0.1, 0.15) is 6.10 Å². The summed E-state index contributed by atoms with van der Waals surface area (Å²) >= 11 is 0. The summed E-state index contributed by atoms with van der Waals surface area (Å²) < 4.78 is 5.50. The average molecular weight is 201 g/mol. The molecule has 76 valence electrons. The van der Waals surface area contributed by atoms with E-state index in [9.17, 15) is 4.79 Å². The molecule has 3 nitrogen and oxygen atoms in total. The van der Waals surface area contributed by atoms with Crippen molar-refractivity contribution in [3.63, 3.8) is 0 Å². The third-order valence-electron chi connectivity index (χ3n) is 3.75. The van der Waals surface area contributed by atoms with Gasteiger partial charge in [-0.25, -0.2) is 0 Å². The molecule has 1 aromatic carbocycles. The van der Waals surface area contributed by atoms with Crippen LogP contribution in [-0.4, -0.2) is 24.2 Å². The SMILES string of the molecule is O=C1[C@@H]2C[C@@H]([C@H]3O[C@H]32)N1c1ccccc1. The highest BCUT2D eigenvalue weighted by molar-refractivity contribution is 6.00. The smallest absolute Gasteiger partial charge is 0.233 e. The van der Waals surface area contributed by atoms with E-state index < -0.39 is 0 Å². The van der Waals surface area contributed by atoms with Crippen molar-refractivity contribution in [1.29, 1.82) is 0 Å². The lowest BCUT2D eigenvalue weighted by molar-refractivity contribution is -0.121. The number of amides is 1. The predicted octanol–water partition coefficient (Wildman–Crippen LogP) is 1.19. The molecule has 0 unspecified atom stereocenters. The van der Waals surface area contributed by atoms with Gasteiger partial charge in [0.25, 0.3) is 0 Å². The molecule has 3 heteroatoms. The van der Waals surface area contributed by atoms with E-state index in [1.807, 2.05) is 35.2 Å². The molecule has 1 saturated carbocycles. The summed E-state index contributed by atoms with van der Waals surface area (Å²) in [5.74, 6) is 0.394. The maximum atomic E-state index is 12.1. The van der Waals surface area contributed by atoms with Crippen LogP contribution in [0, 0.1) is 5.92 Å². The molecule has 15 heavy (non-hydrogen) atoms. The predicted molar refractivity (Wildman–Crippen MR) is 54.5 cm³/mol. The molecule has 0 radical (unpaired) electrons. The van der Waals surface area contributed by atoms with Gasteiger partial charge in [0.05, 0.1) is 18.1 Å². The second kappa shape index (κ2) is 2.42. The van der Waals surface area contributed by atoms with E-state index in [0.29, 0.717) is 12.1 Å². The maximum Gasteiger partial charge on any atom is 0.233 e. The van der Waals surface area contributed by atoms with Gasteiger partial charge in [-0.05, 0) is 18.6 Å². The molecule has 0 spiro atoms. The maximum absolute atomic E-state index is 12.1. The van der Waals surface area contributed by atoms with Crippen molar-refractivity contribution < 1.29 is 9.53 Å². The Hall–Kier alpha value is -1.35. The van der Waals surface area contributed by atoms with Gasteiger partial charge in [-0.1, -0.05) is 18.2 Å². The van der Waals surface area contributed by atoms with Crippen LogP contribution >= 0.6 is 0 Å². The molecule has 1 amide bonds. The third kappa shape index (κ3) is 0.868. The summed E-state index contributed by atoms with van der Waals surface area (Å²) in [7, 11) is 0. The van der Waals surface area contributed by atoms with Gasteiger partial charge in [0.15, 0.2) is 0 Å². The zero-order valence-corrected chi connectivity index (χ0v) is 8.17. The van der Waals surface area contributed by atoms with Crippen LogP contribution in [0.3, 0.4) is 0 Å². The van der Waals surface area contributed by atoms with Gasteiger partial charge in [-0.2, -0.15) is 0 Å². The molecular weight excluding hydrogens is 190 g/mol. The molecule has 2 bridgehead atoms. The summed E-state index contributed by atoms with van der Waals surface area (Å²) in [5, 5.41) is 0. The molecule has 4 atom stereocenters. The van der Waals surface area contributed by atoms with Crippen LogP contribution < -0.4 is 4.90 Å². The Balaban J connectivity index is 1.76. The molecule has 0 N–H and O–H groups in total. The standard InChI is InChI=1S/C12H11NO2/c14-12-8-6-9(11-10(8)15-11)13(12)7-4-2-1-3-5-7/h1-5,8-11H,6H2/t8-,9+,10+,11-/m1/s1. The second-order valence-electron chi connectivity index (χ2n) is 4.52. The minimum Gasteiger partial charge on any atom is -0.366 e. The van der Waals surface area contributed by atoms with Gasteiger partial charge < -0.3 is 9.64 Å². The van der Waals surface area contributed by atoms with Crippen LogP contribution in [0.15, 0.2) is 30.3 Å². The monoisotopic (exact) mass is 201 g/mol. The number of piperidine rings is 1. The largest absolute Gasteiger partial charge is 0.366 e. The zero-order valence-electron chi connectivity index (χ0n) is 8.17. The van der Waals surface area contributed by atoms with Crippen LogP contribution in [-0.2, 0) is 9.53 Å². The molecule has 2 saturated heterocycles. The molecule has 3 aliphatic rings. The van der Waals surface area contributed by atoms with E-state index in [1.54, 1.807) is 0 Å². The van der Waals surface area contributed by atoms with Crippen molar-refractivity contribution in [2.75, 3.05) is 4.90 Å². The van der Waals surface area contributed by atoms with Crippen LogP contribution in [0.2, 0.25) is 0 Å². The van der Waals surface area contributed by atoms with Crippen molar-refractivity contribution in [3.05, 3.63) is 30.3 Å². The molecule has 4 rings (SSSR count). The summed E-state index contributed by atoms with van der Waals surface area (Å²) in [6.45, 7) is 0. The fraction of sp³-hybridized carbons (Fsp3) is 0.417. The summed E-state index contributed by atoms with van der Waals surface area (Å²) in [4.78, 5) is 14.0. The number of hydrogen-bond acceptors (Lipinski definition) is 2. The van der Waals surface area contributed by atoms with Crippen molar-refractivity contribution in [1.82, 2.24) is 0 Å². The van der Waals surface area contributed by atoms with E-state index in [-0.39, 0.29) is 17.9 Å². The van der Waals surface area contributed by atoms with Gasteiger partial charge in [0, 0.05) is 5.69 Å². The summed E-state index contributed by atoms with van der Waals surface area (Å²) in [6.07, 6.45) is 1.57. The number of epoxide rings is 1. The molecule has 1 aliphatic carbocycles. The Morgan fingerprint density at radius 2 is 2.00 bits per heavy atom. The zero-order chi connectivity index (χ0) is 9.99. The van der Waals surface area contributed by atoms with Gasteiger partial charge in [-0.15, -0.1) is 0 Å². The van der Waals surface area contributed by atoms with Crippen molar-refractivity contribution in [3.8, 4) is 0 Å². The Morgan fingerprint density at radius 3 is 2.73 bits per heavy atom.